The molecule has 47 valence electrons. The third-order valence-electron chi connectivity index (χ3n) is 1.04. The van der Waals surface area contributed by atoms with E-state index >= 15 is 0 Å². The summed E-state index contributed by atoms with van der Waals surface area (Å²) in [5.41, 5.74) is 0. The van der Waals surface area contributed by atoms with Gasteiger partial charge in [0.05, 0.1) is 6.26 Å². The molecule has 0 aromatic carbocycles. The van der Waals surface area contributed by atoms with Crippen molar-refractivity contribution in [1.82, 2.24) is 0 Å². The summed E-state index contributed by atoms with van der Waals surface area (Å²) in [6.07, 6.45) is 1.56. The maximum atomic E-state index is 5.21. The largest absolute Gasteiger partial charge is 0.548 e. The summed E-state index contributed by atoms with van der Waals surface area (Å²) in [5, 5.41) is 0. The molecule has 1 radical (unpaired) electrons. The van der Waals surface area contributed by atoms with Gasteiger partial charge in [-0.05, 0) is 12.1 Å². The van der Waals surface area contributed by atoms with Crippen LogP contribution in [-0.2, 0) is 4.43 Å². The van der Waals surface area contributed by atoms with Crippen molar-refractivity contribution in [3.8, 4) is 0 Å². The predicted octanol–water partition coefficient (Wildman–Crippen LogP) is 2.18. The van der Waals surface area contributed by atoms with Crippen molar-refractivity contribution in [3.05, 3.63) is 12.8 Å². The molecule has 0 N–H and O–H groups in total. The Hall–Kier alpha value is -0.243. The van der Waals surface area contributed by atoms with E-state index in [-0.39, 0.29) is 0 Å². The average Bonchev–Trinajstić information content (AvgIpc) is 1.83. The summed E-state index contributed by atoms with van der Waals surface area (Å²) in [5.74, 6) is 0. The first kappa shape index (κ1) is 7.76. The van der Waals surface area contributed by atoms with Gasteiger partial charge in [0.1, 0.15) is 0 Å². The Kier molecular flexibility index (Phi) is 4.76. The lowest BCUT2D eigenvalue weighted by molar-refractivity contribution is 0.491. The molecule has 0 bridgehead atoms. The maximum Gasteiger partial charge on any atom is 0.279 e. The van der Waals surface area contributed by atoms with Crippen LogP contribution in [0, 0.1) is 0 Å². The number of rotatable bonds is 4. The second kappa shape index (κ2) is 4.90. The van der Waals surface area contributed by atoms with Crippen molar-refractivity contribution in [2.45, 2.75) is 25.9 Å². The lowest BCUT2D eigenvalue weighted by Crippen LogP contribution is -2.10. The lowest BCUT2D eigenvalue weighted by Gasteiger charge is -2.06. The molecule has 0 saturated heterocycles. The van der Waals surface area contributed by atoms with Gasteiger partial charge in [0, 0.05) is 0 Å². The van der Waals surface area contributed by atoms with Crippen LogP contribution < -0.4 is 0 Å². The van der Waals surface area contributed by atoms with Crippen molar-refractivity contribution in [3.63, 3.8) is 0 Å². The Morgan fingerprint density at radius 1 is 1.50 bits per heavy atom. The summed E-state index contributed by atoms with van der Waals surface area (Å²) >= 11 is 0. The Labute approximate surface area is 53.1 Å². The van der Waals surface area contributed by atoms with Crippen LogP contribution in [0.1, 0.15) is 13.8 Å². The topological polar surface area (TPSA) is 9.23 Å². The van der Waals surface area contributed by atoms with E-state index in [1.54, 1.807) is 6.26 Å². The molecule has 0 amide bonds. The van der Waals surface area contributed by atoms with E-state index in [1.165, 1.54) is 12.1 Å². The van der Waals surface area contributed by atoms with E-state index in [0.717, 1.165) is 0 Å². The van der Waals surface area contributed by atoms with Gasteiger partial charge in [0.25, 0.3) is 9.04 Å². The zero-order valence-electron chi connectivity index (χ0n) is 5.61. The minimum absolute atomic E-state index is 0.492. The van der Waals surface area contributed by atoms with E-state index in [9.17, 15) is 0 Å². The summed E-state index contributed by atoms with van der Waals surface area (Å²) < 4.78 is 5.21. The van der Waals surface area contributed by atoms with Gasteiger partial charge in [-0.2, -0.15) is 0 Å². The molecule has 0 spiro atoms. The molecule has 0 unspecified atom stereocenters. The molecular weight excluding hydrogens is 116 g/mol. The molecule has 0 aliphatic carbocycles. The maximum absolute atomic E-state index is 5.21. The highest BCUT2D eigenvalue weighted by atomic mass is 28.3. The van der Waals surface area contributed by atoms with Gasteiger partial charge in [0.2, 0.25) is 0 Å². The Morgan fingerprint density at radius 2 is 2.00 bits per heavy atom. The normalized spacial score (nSPS) is 9.38. The van der Waals surface area contributed by atoms with Gasteiger partial charge in [0.15, 0.2) is 0 Å². The molecule has 0 fully saturated rings. The van der Waals surface area contributed by atoms with Crippen molar-refractivity contribution in [2.24, 2.45) is 0 Å². The standard InChI is InChI=1S/C6H13OSi/c1-4-7-8(5-2)6-3/h4H,1,5-6H2,2-3H3. The van der Waals surface area contributed by atoms with Crippen LogP contribution in [0.2, 0.25) is 12.1 Å². The van der Waals surface area contributed by atoms with E-state index in [0.29, 0.717) is 0 Å². The first-order valence-electron chi connectivity index (χ1n) is 2.97. The molecule has 0 aromatic rings. The molecule has 0 saturated carbocycles. The molecular formula is C6H13OSi. The highest BCUT2D eigenvalue weighted by Gasteiger charge is 2.04. The van der Waals surface area contributed by atoms with E-state index < -0.39 is 9.04 Å². The predicted molar refractivity (Wildman–Crippen MR) is 38.0 cm³/mol. The molecule has 1 nitrogen and oxygen atoms in total. The second-order valence-electron chi connectivity index (χ2n) is 1.53. The van der Waals surface area contributed by atoms with Crippen LogP contribution in [0.3, 0.4) is 0 Å². The number of hydrogen-bond acceptors (Lipinski definition) is 1. The Morgan fingerprint density at radius 3 is 2.12 bits per heavy atom. The minimum Gasteiger partial charge on any atom is -0.548 e. The average molecular weight is 129 g/mol. The fourth-order valence-electron chi connectivity index (χ4n) is 0.535. The Bertz CT molecular complexity index is 59.5. The molecule has 0 rings (SSSR count). The molecule has 0 heterocycles. The van der Waals surface area contributed by atoms with Crippen molar-refractivity contribution < 1.29 is 4.43 Å². The van der Waals surface area contributed by atoms with Gasteiger partial charge in [-0.3, -0.25) is 0 Å². The van der Waals surface area contributed by atoms with Crippen LogP contribution in [0.4, 0.5) is 0 Å². The van der Waals surface area contributed by atoms with E-state index in [1.807, 2.05) is 0 Å². The lowest BCUT2D eigenvalue weighted by atomic mass is 10.9. The zero-order chi connectivity index (χ0) is 6.41. The van der Waals surface area contributed by atoms with Crippen LogP contribution >= 0.6 is 0 Å². The first-order chi connectivity index (χ1) is 3.85. The fraction of sp³-hybridized carbons (Fsp3) is 0.667. The summed E-state index contributed by atoms with van der Waals surface area (Å²) in [7, 11) is -0.492. The van der Waals surface area contributed by atoms with Gasteiger partial charge in [-0.15, -0.1) is 0 Å². The molecule has 0 aliphatic rings. The molecule has 0 aliphatic heterocycles. The van der Waals surface area contributed by atoms with Gasteiger partial charge >= 0.3 is 0 Å². The van der Waals surface area contributed by atoms with Crippen LogP contribution in [0.25, 0.3) is 0 Å². The van der Waals surface area contributed by atoms with Crippen LogP contribution in [0.5, 0.6) is 0 Å². The highest BCUT2D eigenvalue weighted by Crippen LogP contribution is 1.98. The molecule has 2 heteroatoms. The van der Waals surface area contributed by atoms with E-state index in [4.69, 9.17) is 4.43 Å². The third kappa shape index (κ3) is 2.85. The SMILES string of the molecule is C=CO[Si](CC)CC. The monoisotopic (exact) mass is 129 g/mol. The summed E-state index contributed by atoms with van der Waals surface area (Å²) in [6, 6.07) is 2.35. The summed E-state index contributed by atoms with van der Waals surface area (Å²) in [6.45, 7) is 7.81. The molecule has 0 aromatic heterocycles. The van der Waals surface area contributed by atoms with Crippen LogP contribution in [-0.4, -0.2) is 9.04 Å². The van der Waals surface area contributed by atoms with Gasteiger partial charge in [-0.25, -0.2) is 0 Å². The van der Waals surface area contributed by atoms with E-state index in [2.05, 4.69) is 20.4 Å². The second-order valence-corrected chi connectivity index (χ2v) is 4.26. The quantitative estimate of drug-likeness (QED) is 0.417. The number of hydrogen-bond donors (Lipinski definition) is 0. The highest BCUT2D eigenvalue weighted by molar-refractivity contribution is 6.51. The van der Waals surface area contributed by atoms with Crippen molar-refractivity contribution in [1.29, 1.82) is 0 Å². The van der Waals surface area contributed by atoms with Gasteiger partial charge < -0.3 is 4.43 Å². The first-order valence-corrected chi connectivity index (χ1v) is 4.79. The minimum atomic E-state index is -0.492. The fourth-order valence-corrected chi connectivity index (χ4v) is 1.60. The zero-order valence-corrected chi connectivity index (χ0v) is 6.61. The molecule has 0 atom stereocenters. The third-order valence-corrected chi connectivity index (χ3v) is 3.12. The summed E-state index contributed by atoms with van der Waals surface area (Å²) in [4.78, 5) is 0. The van der Waals surface area contributed by atoms with Crippen molar-refractivity contribution in [2.75, 3.05) is 0 Å². The van der Waals surface area contributed by atoms with Crippen molar-refractivity contribution >= 4 is 9.04 Å². The Balaban J connectivity index is 3.20. The molecule has 8 heavy (non-hydrogen) atoms. The van der Waals surface area contributed by atoms with Crippen LogP contribution in [0.15, 0.2) is 12.8 Å². The smallest absolute Gasteiger partial charge is 0.279 e. The van der Waals surface area contributed by atoms with Gasteiger partial charge in [-0.1, -0.05) is 20.4 Å².